The van der Waals surface area contributed by atoms with Crippen LogP contribution in [0.2, 0.25) is 0 Å². The van der Waals surface area contributed by atoms with Gasteiger partial charge in [0.2, 0.25) is 5.91 Å². The second-order valence-corrected chi connectivity index (χ2v) is 7.33. The largest absolute Gasteiger partial charge is 0.377 e. The molecule has 126 valence electrons. The summed E-state index contributed by atoms with van der Waals surface area (Å²) in [5.74, 6) is -0.0206. The Morgan fingerprint density at radius 1 is 1.13 bits per heavy atom. The number of rotatable bonds is 3. The average Bonchev–Trinajstić information content (AvgIpc) is 2.99. The number of likely N-dealkylation sites (tertiary alicyclic amines) is 1. The normalized spacial score (nSPS) is 14.7. The summed E-state index contributed by atoms with van der Waals surface area (Å²) >= 11 is 0. The van der Waals surface area contributed by atoms with Crippen molar-refractivity contribution in [3.8, 4) is 0 Å². The third-order valence-electron chi connectivity index (χ3n) is 4.04. The van der Waals surface area contributed by atoms with E-state index in [1.807, 2.05) is 56.8 Å². The zero-order valence-electron chi connectivity index (χ0n) is 14.8. The highest BCUT2D eigenvalue weighted by atomic mass is 16.2. The fourth-order valence-corrected chi connectivity index (χ4v) is 2.58. The van der Waals surface area contributed by atoms with Gasteiger partial charge in [0.05, 0.1) is 5.56 Å². The van der Waals surface area contributed by atoms with E-state index in [1.165, 1.54) is 0 Å². The van der Waals surface area contributed by atoms with Gasteiger partial charge in [0.15, 0.2) is 0 Å². The minimum Gasteiger partial charge on any atom is -0.377 e. The Kier molecular flexibility index (Phi) is 4.97. The smallest absolute Gasteiger partial charge is 0.256 e. The van der Waals surface area contributed by atoms with Crippen LogP contribution in [0.15, 0.2) is 18.2 Å². The van der Waals surface area contributed by atoms with E-state index in [-0.39, 0.29) is 11.8 Å². The highest BCUT2D eigenvalue weighted by molar-refractivity contribution is 6.02. The SMILES string of the molecule is CN(C)c1ccc(NC(=O)C(C)(C)C)cc1C(=O)N1CCCC1. The van der Waals surface area contributed by atoms with E-state index in [2.05, 4.69) is 5.32 Å². The monoisotopic (exact) mass is 317 g/mol. The van der Waals surface area contributed by atoms with Gasteiger partial charge < -0.3 is 15.1 Å². The highest BCUT2D eigenvalue weighted by Gasteiger charge is 2.25. The molecule has 0 radical (unpaired) electrons. The molecule has 1 N–H and O–H groups in total. The lowest BCUT2D eigenvalue weighted by atomic mass is 9.95. The summed E-state index contributed by atoms with van der Waals surface area (Å²) < 4.78 is 0. The first-order valence-corrected chi connectivity index (χ1v) is 8.12. The topological polar surface area (TPSA) is 52.7 Å². The van der Waals surface area contributed by atoms with Gasteiger partial charge in [0.25, 0.3) is 5.91 Å². The van der Waals surface area contributed by atoms with Gasteiger partial charge in [-0.3, -0.25) is 9.59 Å². The maximum absolute atomic E-state index is 12.8. The van der Waals surface area contributed by atoms with Gasteiger partial charge in [-0.2, -0.15) is 0 Å². The molecule has 1 heterocycles. The number of amides is 2. The van der Waals surface area contributed by atoms with Crippen LogP contribution in [0.1, 0.15) is 44.0 Å². The number of nitrogens with one attached hydrogen (secondary N) is 1. The van der Waals surface area contributed by atoms with Crippen LogP contribution in [0, 0.1) is 5.41 Å². The molecule has 1 fully saturated rings. The van der Waals surface area contributed by atoms with E-state index < -0.39 is 5.41 Å². The van der Waals surface area contributed by atoms with E-state index in [1.54, 1.807) is 6.07 Å². The molecule has 1 aliphatic heterocycles. The van der Waals surface area contributed by atoms with Crippen LogP contribution in [0.25, 0.3) is 0 Å². The number of nitrogens with zero attached hydrogens (tertiary/aromatic N) is 2. The number of hydrogen-bond acceptors (Lipinski definition) is 3. The zero-order chi connectivity index (χ0) is 17.2. The predicted molar refractivity (Wildman–Crippen MR) is 94.0 cm³/mol. The molecule has 0 saturated carbocycles. The first-order valence-electron chi connectivity index (χ1n) is 8.12. The summed E-state index contributed by atoms with van der Waals surface area (Å²) in [5.41, 5.74) is 1.71. The van der Waals surface area contributed by atoms with Gasteiger partial charge in [-0.05, 0) is 31.0 Å². The van der Waals surface area contributed by atoms with Crippen molar-refractivity contribution in [2.45, 2.75) is 33.6 Å². The Hall–Kier alpha value is -2.04. The minimum absolute atomic E-state index is 0.0399. The summed E-state index contributed by atoms with van der Waals surface area (Å²) in [6, 6.07) is 5.53. The van der Waals surface area contributed by atoms with Gasteiger partial charge in [0.1, 0.15) is 0 Å². The number of carbonyl (C=O) groups is 2. The maximum Gasteiger partial charge on any atom is 0.256 e. The van der Waals surface area contributed by atoms with E-state index >= 15 is 0 Å². The lowest BCUT2D eigenvalue weighted by Crippen LogP contribution is -2.30. The number of benzene rings is 1. The van der Waals surface area contributed by atoms with Crippen LogP contribution in [-0.2, 0) is 4.79 Å². The molecule has 0 atom stereocenters. The number of carbonyl (C=O) groups excluding carboxylic acids is 2. The Morgan fingerprint density at radius 3 is 2.26 bits per heavy atom. The predicted octanol–water partition coefficient (Wildman–Crippen LogP) is 2.97. The van der Waals surface area contributed by atoms with E-state index in [0.717, 1.165) is 31.6 Å². The van der Waals surface area contributed by atoms with E-state index in [4.69, 9.17) is 0 Å². The Morgan fingerprint density at radius 2 is 1.74 bits per heavy atom. The lowest BCUT2D eigenvalue weighted by molar-refractivity contribution is -0.123. The molecule has 2 rings (SSSR count). The van der Waals surface area contributed by atoms with Crippen LogP contribution in [0.3, 0.4) is 0 Å². The Balaban J connectivity index is 2.32. The Bertz CT molecular complexity index is 597. The molecule has 23 heavy (non-hydrogen) atoms. The molecule has 1 aromatic carbocycles. The quantitative estimate of drug-likeness (QED) is 0.932. The Labute approximate surface area is 138 Å². The van der Waals surface area contributed by atoms with Gasteiger partial charge >= 0.3 is 0 Å². The van der Waals surface area contributed by atoms with E-state index in [9.17, 15) is 9.59 Å². The summed E-state index contributed by atoms with van der Waals surface area (Å²) in [4.78, 5) is 28.8. The van der Waals surface area contributed by atoms with Crippen molar-refractivity contribution in [2.24, 2.45) is 5.41 Å². The summed E-state index contributed by atoms with van der Waals surface area (Å²) in [7, 11) is 3.84. The van der Waals surface area contributed by atoms with Crippen molar-refractivity contribution >= 4 is 23.2 Å². The third-order valence-corrected chi connectivity index (χ3v) is 4.04. The van der Waals surface area contributed by atoms with Crippen LogP contribution in [0.4, 0.5) is 11.4 Å². The summed E-state index contributed by atoms with van der Waals surface area (Å²) in [6.07, 6.45) is 2.12. The maximum atomic E-state index is 12.8. The van der Waals surface area contributed by atoms with Crippen LogP contribution >= 0.6 is 0 Å². The van der Waals surface area contributed by atoms with Gasteiger partial charge in [-0.15, -0.1) is 0 Å². The molecule has 1 aliphatic rings. The molecule has 0 unspecified atom stereocenters. The van der Waals surface area contributed by atoms with Crippen LogP contribution in [-0.4, -0.2) is 43.9 Å². The first kappa shape index (κ1) is 17.3. The molecule has 1 saturated heterocycles. The van der Waals surface area contributed by atoms with Crippen molar-refractivity contribution in [2.75, 3.05) is 37.4 Å². The average molecular weight is 317 g/mol. The second-order valence-electron chi connectivity index (χ2n) is 7.33. The second kappa shape index (κ2) is 6.60. The van der Waals surface area contributed by atoms with Crippen molar-refractivity contribution in [3.05, 3.63) is 23.8 Å². The van der Waals surface area contributed by atoms with Gasteiger partial charge in [-0.25, -0.2) is 0 Å². The molecule has 2 amide bonds. The number of anilines is 2. The number of hydrogen-bond donors (Lipinski definition) is 1. The fraction of sp³-hybridized carbons (Fsp3) is 0.556. The van der Waals surface area contributed by atoms with Crippen molar-refractivity contribution in [1.29, 1.82) is 0 Å². The zero-order valence-corrected chi connectivity index (χ0v) is 14.8. The van der Waals surface area contributed by atoms with Gasteiger partial charge in [-0.1, -0.05) is 20.8 Å². The molecule has 0 bridgehead atoms. The minimum atomic E-state index is -0.473. The molecular formula is C18H27N3O2. The van der Waals surface area contributed by atoms with Crippen molar-refractivity contribution in [1.82, 2.24) is 4.90 Å². The molecule has 1 aromatic rings. The van der Waals surface area contributed by atoms with Crippen molar-refractivity contribution < 1.29 is 9.59 Å². The van der Waals surface area contributed by atoms with Gasteiger partial charge in [0, 0.05) is 44.0 Å². The molecule has 5 nitrogen and oxygen atoms in total. The van der Waals surface area contributed by atoms with Crippen LogP contribution < -0.4 is 10.2 Å². The fourth-order valence-electron chi connectivity index (χ4n) is 2.58. The molecular weight excluding hydrogens is 290 g/mol. The standard InChI is InChI=1S/C18H27N3O2/c1-18(2,3)17(23)19-13-8-9-15(20(4)5)14(12-13)16(22)21-10-6-7-11-21/h8-9,12H,6-7,10-11H2,1-5H3,(H,19,23). The highest BCUT2D eigenvalue weighted by Crippen LogP contribution is 2.27. The molecule has 5 heteroatoms. The summed E-state index contributed by atoms with van der Waals surface area (Å²) in [6.45, 7) is 7.22. The van der Waals surface area contributed by atoms with Crippen LogP contribution in [0.5, 0.6) is 0 Å². The molecule has 0 aromatic heterocycles. The molecule has 0 spiro atoms. The first-order chi connectivity index (χ1) is 10.7. The third kappa shape index (κ3) is 4.03. The van der Waals surface area contributed by atoms with Crippen molar-refractivity contribution in [3.63, 3.8) is 0 Å². The lowest BCUT2D eigenvalue weighted by Gasteiger charge is -2.23. The molecule has 0 aliphatic carbocycles. The van der Waals surface area contributed by atoms with E-state index in [0.29, 0.717) is 11.3 Å². The summed E-state index contributed by atoms with van der Waals surface area (Å²) in [5, 5.41) is 2.91.